The fraction of sp³-hybridized carbons (Fsp3) is 0.167. The Morgan fingerprint density at radius 3 is 2.50 bits per heavy atom. The average molecular weight is 285 g/mol. The van der Waals surface area contributed by atoms with Crippen LogP contribution in [-0.2, 0) is 13.2 Å². The zero-order valence-corrected chi connectivity index (χ0v) is 10.3. The van der Waals surface area contributed by atoms with Crippen LogP contribution in [0.3, 0.4) is 0 Å². The van der Waals surface area contributed by atoms with Crippen molar-refractivity contribution in [3.8, 4) is 11.6 Å². The molecule has 1 N–H and O–H groups in total. The second kappa shape index (κ2) is 5.24. The lowest BCUT2D eigenvalue weighted by molar-refractivity contribution is -0.141. The highest BCUT2D eigenvalue weighted by molar-refractivity contribution is 5.84. The minimum Gasteiger partial charge on any atom is -0.439 e. The molecule has 1 aromatic heterocycles. The van der Waals surface area contributed by atoms with E-state index in [4.69, 9.17) is 9.94 Å². The Hall–Kier alpha value is -2.51. The van der Waals surface area contributed by atoms with Gasteiger partial charge in [-0.15, -0.1) is 0 Å². The average Bonchev–Trinajstić information content (AvgIpc) is 2.69. The van der Waals surface area contributed by atoms with Crippen LogP contribution in [0.15, 0.2) is 35.5 Å². The predicted molar refractivity (Wildman–Crippen MR) is 64.1 cm³/mol. The summed E-state index contributed by atoms with van der Waals surface area (Å²) in [6.45, 7) is 0. The molecule has 0 spiro atoms. The molecule has 0 atom stereocenters. The van der Waals surface area contributed by atoms with Gasteiger partial charge in [-0.3, -0.25) is 0 Å². The molecule has 8 heteroatoms. The maximum absolute atomic E-state index is 12.8. The van der Waals surface area contributed by atoms with E-state index in [-0.39, 0.29) is 5.88 Å². The van der Waals surface area contributed by atoms with Crippen LogP contribution in [0.2, 0.25) is 0 Å². The molecular weight excluding hydrogens is 275 g/mol. The number of nitrogens with zero attached hydrogens (tertiary/aromatic N) is 3. The SMILES string of the molecule is Cn1nc(C(F)(F)F)c(C=NO)c1Oc1ccccc1. The molecule has 2 aromatic rings. The fourth-order valence-electron chi connectivity index (χ4n) is 1.63. The van der Waals surface area contributed by atoms with Gasteiger partial charge < -0.3 is 9.94 Å². The van der Waals surface area contributed by atoms with Gasteiger partial charge in [-0.05, 0) is 12.1 Å². The van der Waals surface area contributed by atoms with Crippen molar-refractivity contribution in [3.05, 3.63) is 41.6 Å². The van der Waals surface area contributed by atoms with Gasteiger partial charge in [0.15, 0.2) is 5.69 Å². The van der Waals surface area contributed by atoms with Crippen molar-refractivity contribution in [1.29, 1.82) is 0 Å². The first-order valence-electron chi connectivity index (χ1n) is 5.48. The van der Waals surface area contributed by atoms with E-state index in [1.165, 1.54) is 7.05 Å². The summed E-state index contributed by atoms with van der Waals surface area (Å²) in [5.41, 5.74) is -1.62. The Bertz CT molecular complexity index is 621. The lowest BCUT2D eigenvalue weighted by atomic mass is 10.2. The molecule has 0 unspecified atom stereocenters. The summed E-state index contributed by atoms with van der Waals surface area (Å²) in [5.74, 6) is 0.179. The van der Waals surface area contributed by atoms with Gasteiger partial charge in [-0.1, -0.05) is 23.4 Å². The lowest BCUT2D eigenvalue weighted by Crippen LogP contribution is -2.09. The second-order valence-electron chi connectivity index (χ2n) is 3.85. The van der Waals surface area contributed by atoms with E-state index < -0.39 is 17.4 Å². The van der Waals surface area contributed by atoms with E-state index in [2.05, 4.69) is 10.3 Å². The summed E-state index contributed by atoms with van der Waals surface area (Å²) in [6.07, 6.45) is -4.03. The number of halogens is 3. The number of para-hydroxylation sites is 1. The van der Waals surface area contributed by atoms with Crippen LogP contribution in [0, 0.1) is 0 Å². The van der Waals surface area contributed by atoms with E-state index in [1.54, 1.807) is 30.3 Å². The van der Waals surface area contributed by atoms with Crippen LogP contribution in [0.5, 0.6) is 11.6 Å². The normalized spacial score (nSPS) is 12.0. The topological polar surface area (TPSA) is 59.6 Å². The Morgan fingerprint density at radius 2 is 1.95 bits per heavy atom. The summed E-state index contributed by atoms with van der Waals surface area (Å²) in [6, 6.07) is 8.26. The number of rotatable bonds is 3. The van der Waals surface area contributed by atoms with Crippen LogP contribution in [0.25, 0.3) is 0 Å². The van der Waals surface area contributed by atoms with E-state index in [1.807, 2.05) is 0 Å². The standard InChI is InChI=1S/C12H10F3N3O2/c1-18-11(20-8-5-3-2-4-6-8)9(7-16-19)10(17-18)12(13,14)15/h2-7,19H,1H3. The Kier molecular flexibility index (Phi) is 3.64. The van der Waals surface area contributed by atoms with Crippen molar-refractivity contribution in [2.75, 3.05) is 0 Å². The second-order valence-corrected chi connectivity index (χ2v) is 3.85. The van der Waals surface area contributed by atoms with E-state index >= 15 is 0 Å². The molecule has 0 aliphatic carbocycles. The van der Waals surface area contributed by atoms with Gasteiger partial charge in [0.2, 0.25) is 5.88 Å². The highest BCUT2D eigenvalue weighted by Gasteiger charge is 2.39. The van der Waals surface area contributed by atoms with Crippen molar-refractivity contribution in [1.82, 2.24) is 9.78 Å². The van der Waals surface area contributed by atoms with E-state index in [9.17, 15) is 13.2 Å². The summed E-state index contributed by atoms with van der Waals surface area (Å²) in [4.78, 5) is 0. The third-order valence-electron chi connectivity index (χ3n) is 2.44. The highest BCUT2D eigenvalue weighted by atomic mass is 19.4. The van der Waals surface area contributed by atoms with Gasteiger partial charge in [0.1, 0.15) is 5.75 Å². The number of oxime groups is 1. The van der Waals surface area contributed by atoms with Gasteiger partial charge in [-0.2, -0.15) is 18.3 Å². The van der Waals surface area contributed by atoms with Crippen molar-refractivity contribution < 1.29 is 23.1 Å². The quantitative estimate of drug-likeness (QED) is 0.535. The Balaban J connectivity index is 2.50. The minimum atomic E-state index is -4.67. The molecule has 0 aliphatic rings. The molecule has 0 amide bonds. The van der Waals surface area contributed by atoms with Gasteiger partial charge in [0.25, 0.3) is 0 Å². The molecule has 106 valence electrons. The third kappa shape index (κ3) is 2.73. The largest absolute Gasteiger partial charge is 0.439 e. The molecule has 0 saturated heterocycles. The smallest absolute Gasteiger partial charge is 0.435 e. The third-order valence-corrected chi connectivity index (χ3v) is 2.44. The molecule has 0 saturated carbocycles. The first-order chi connectivity index (χ1) is 9.43. The van der Waals surface area contributed by atoms with Crippen molar-refractivity contribution in [3.63, 3.8) is 0 Å². The number of ether oxygens (including phenoxy) is 1. The van der Waals surface area contributed by atoms with Crippen molar-refractivity contribution >= 4 is 6.21 Å². The van der Waals surface area contributed by atoms with Gasteiger partial charge in [-0.25, -0.2) is 4.68 Å². The summed E-state index contributed by atoms with van der Waals surface area (Å²) < 4.78 is 44.8. The molecule has 0 radical (unpaired) electrons. The number of hydrogen-bond acceptors (Lipinski definition) is 4. The minimum absolute atomic E-state index is 0.165. The van der Waals surface area contributed by atoms with Crippen molar-refractivity contribution in [2.24, 2.45) is 12.2 Å². The molecule has 2 rings (SSSR count). The maximum atomic E-state index is 12.8. The Morgan fingerprint density at radius 1 is 1.30 bits per heavy atom. The predicted octanol–water partition coefficient (Wildman–Crippen LogP) is 3.04. The summed E-state index contributed by atoms with van der Waals surface area (Å²) in [5, 5.41) is 14.5. The van der Waals surface area contributed by atoms with E-state index in [0.717, 1.165) is 4.68 Å². The number of aryl methyl sites for hydroxylation is 1. The van der Waals surface area contributed by atoms with Crippen LogP contribution >= 0.6 is 0 Å². The number of hydrogen-bond donors (Lipinski definition) is 1. The fourth-order valence-corrected chi connectivity index (χ4v) is 1.63. The van der Waals surface area contributed by atoms with Crippen LogP contribution in [0.1, 0.15) is 11.3 Å². The number of benzene rings is 1. The number of aromatic nitrogens is 2. The zero-order chi connectivity index (χ0) is 14.8. The maximum Gasteiger partial charge on any atom is 0.435 e. The zero-order valence-electron chi connectivity index (χ0n) is 10.3. The monoisotopic (exact) mass is 285 g/mol. The van der Waals surface area contributed by atoms with Gasteiger partial charge in [0.05, 0.1) is 11.8 Å². The number of alkyl halides is 3. The van der Waals surface area contributed by atoms with Crippen LogP contribution in [0.4, 0.5) is 13.2 Å². The molecule has 20 heavy (non-hydrogen) atoms. The summed E-state index contributed by atoms with van der Waals surface area (Å²) >= 11 is 0. The molecule has 0 fully saturated rings. The van der Waals surface area contributed by atoms with Gasteiger partial charge >= 0.3 is 6.18 Å². The first-order valence-corrected chi connectivity index (χ1v) is 5.48. The van der Waals surface area contributed by atoms with Crippen LogP contribution in [-0.4, -0.2) is 21.2 Å². The van der Waals surface area contributed by atoms with Crippen LogP contribution < -0.4 is 4.74 Å². The molecule has 5 nitrogen and oxygen atoms in total. The molecule has 0 bridgehead atoms. The molecule has 1 heterocycles. The van der Waals surface area contributed by atoms with Gasteiger partial charge in [0, 0.05) is 7.05 Å². The molecule has 0 aliphatic heterocycles. The molecule has 1 aromatic carbocycles. The summed E-state index contributed by atoms with van der Waals surface area (Å²) in [7, 11) is 1.31. The lowest BCUT2D eigenvalue weighted by Gasteiger charge is -2.06. The van der Waals surface area contributed by atoms with E-state index in [0.29, 0.717) is 12.0 Å². The Labute approximate surface area is 111 Å². The highest BCUT2D eigenvalue weighted by Crippen LogP contribution is 2.35. The first kappa shape index (κ1) is 13.9. The molecular formula is C12H10F3N3O2. The van der Waals surface area contributed by atoms with Crippen molar-refractivity contribution in [2.45, 2.75) is 6.18 Å².